The van der Waals surface area contributed by atoms with Gasteiger partial charge >= 0.3 is 0 Å². The third-order valence-corrected chi connectivity index (χ3v) is 1.000. The van der Waals surface area contributed by atoms with Gasteiger partial charge in [-0.25, -0.2) is 9.37 Å². The Bertz CT molecular complexity index is 237. The molecule has 1 heterocycles. The molecule has 1 rings (SSSR count). The molecule has 0 aliphatic carbocycles. The minimum absolute atomic E-state index is 0.0609. The van der Waals surface area contributed by atoms with E-state index >= 15 is 0 Å². The van der Waals surface area contributed by atoms with E-state index in [0.29, 0.717) is 0 Å². The summed E-state index contributed by atoms with van der Waals surface area (Å²) in [5.41, 5.74) is 5.17. The first kappa shape index (κ1) is 6.73. The van der Waals surface area contributed by atoms with Crippen LogP contribution in [0.1, 0.15) is 0 Å². The van der Waals surface area contributed by atoms with Crippen LogP contribution in [0.4, 0.5) is 16.2 Å². The van der Waals surface area contributed by atoms with E-state index in [1.807, 2.05) is 0 Å². The van der Waals surface area contributed by atoms with E-state index in [9.17, 15) is 4.39 Å². The number of hydrogen-bond acceptors (Lipinski definition) is 4. The molecule has 1 aromatic heterocycles. The van der Waals surface area contributed by atoms with Gasteiger partial charge in [-0.05, 0) is 0 Å². The average Bonchev–Trinajstić information content (AvgIpc) is 1.94. The molecule has 0 fully saturated rings. The van der Waals surface area contributed by atoms with E-state index in [1.54, 1.807) is 7.05 Å². The molecule has 0 atom stereocenters. The number of halogens is 1. The summed E-state index contributed by atoms with van der Waals surface area (Å²) in [4.78, 5) is 7.01. The van der Waals surface area contributed by atoms with Crippen molar-refractivity contribution in [1.82, 2.24) is 9.97 Å². The molecule has 0 unspecified atom stereocenters. The Morgan fingerprint density at radius 1 is 1.70 bits per heavy atom. The van der Waals surface area contributed by atoms with Gasteiger partial charge in [-0.2, -0.15) is 4.98 Å². The zero-order valence-corrected chi connectivity index (χ0v) is 5.43. The monoisotopic (exact) mass is 142 g/mol. The molecule has 0 radical (unpaired) electrons. The number of hydrogen-bond donors (Lipinski definition) is 2. The summed E-state index contributed by atoms with van der Waals surface area (Å²) in [6, 6.07) is 0. The Balaban J connectivity index is 3.09. The maximum absolute atomic E-state index is 12.5. The van der Waals surface area contributed by atoms with E-state index in [2.05, 4.69) is 15.3 Å². The van der Waals surface area contributed by atoms with Gasteiger partial charge in [0.1, 0.15) is 0 Å². The topological polar surface area (TPSA) is 63.8 Å². The fraction of sp³-hybridized carbons (Fsp3) is 0.200. The van der Waals surface area contributed by atoms with Gasteiger partial charge in [0.2, 0.25) is 5.95 Å². The summed E-state index contributed by atoms with van der Waals surface area (Å²) in [5, 5.41) is 2.53. The second kappa shape index (κ2) is 2.47. The van der Waals surface area contributed by atoms with E-state index in [1.165, 1.54) is 0 Å². The Hall–Kier alpha value is -1.39. The summed E-state index contributed by atoms with van der Waals surface area (Å²) >= 11 is 0. The number of nitrogen functional groups attached to an aromatic ring is 1. The van der Waals surface area contributed by atoms with Crippen molar-refractivity contribution >= 4 is 11.8 Å². The summed E-state index contributed by atoms with van der Waals surface area (Å²) in [5.74, 6) is -0.324. The predicted octanol–water partition coefficient (Wildman–Crippen LogP) is 0.240. The van der Waals surface area contributed by atoms with Crippen LogP contribution in [0.3, 0.4) is 0 Å². The van der Waals surface area contributed by atoms with Crippen molar-refractivity contribution in [2.24, 2.45) is 0 Å². The maximum Gasteiger partial charge on any atom is 0.222 e. The molecule has 1 aromatic rings. The Labute approximate surface area is 57.3 Å². The summed E-state index contributed by atoms with van der Waals surface area (Å²) in [6.07, 6.45) is 1.02. The van der Waals surface area contributed by atoms with Crippen molar-refractivity contribution in [3.8, 4) is 0 Å². The maximum atomic E-state index is 12.5. The van der Waals surface area contributed by atoms with E-state index in [-0.39, 0.29) is 11.8 Å². The second-order valence-corrected chi connectivity index (χ2v) is 1.67. The Kier molecular flexibility index (Phi) is 1.66. The van der Waals surface area contributed by atoms with Crippen molar-refractivity contribution in [1.29, 1.82) is 0 Å². The van der Waals surface area contributed by atoms with Gasteiger partial charge in [0.05, 0.1) is 6.20 Å². The molecule has 5 heteroatoms. The molecule has 0 bridgehead atoms. The minimum atomic E-state index is -0.503. The molecular formula is C5H7FN4. The number of anilines is 2. The molecule has 0 saturated heterocycles. The molecule has 0 saturated carbocycles. The van der Waals surface area contributed by atoms with Crippen LogP contribution in [0.2, 0.25) is 0 Å². The summed E-state index contributed by atoms with van der Waals surface area (Å²) in [7, 11) is 1.56. The van der Waals surface area contributed by atoms with Crippen molar-refractivity contribution < 1.29 is 4.39 Å². The average molecular weight is 142 g/mol. The number of rotatable bonds is 1. The van der Waals surface area contributed by atoms with Crippen LogP contribution in [0.25, 0.3) is 0 Å². The SMILES string of the molecule is CNc1nc(N)ncc1F. The first-order valence-corrected chi connectivity index (χ1v) is 2.70. The summed E-state index contributed by atoms with van der Waals surface area (Å²) < 4.78 is 12.5. The number of nitrogens with zero attached hydrogens (tertiary/aromatic N) is 2. The zero-order chi connectivity index (χ0) is 7.56. The zero-order valence-electron chi connectivity index (χ0n) is 5.43. The van der Waals surface area contributed by atoms with E-state index in [0.717, 1.165) is 6.20 Å². The fourth-order valence-corrected chi connectivity index (χ4v) is 0.556. The van der Waals surface area contributed by atoms with Crippen molar-refractivity contribution in [3.63, 3.8) is 0 Å². The van der Waals surface area contributed by atoms with Gasteiger partial charge in [-0.3, -0.25) is 0 Å². The van der Waals surface area contributed by atoms with Crippen LogP contribution in [0.15, 0.2) is 6.20 Å². The second-order valence-electron chi connectivity index (χ2n) is 1.67. The highest BCUT2D eigenvalue weighted by molar-refractivity contribution is 5.37. The standard InChI is InChI=1S/C5H7FN4/c1-8-4-3(6)2-9-5(7)10-4/h2H,1H3,(H3,7,8,9,10). The van der Waals surface area contributed by atoms with Gasteiger partial charge in [-0.1, -0.05) is 0 Å². The van der Waals surface area contributed by atoms with Gasteiger partial charge < -0.3 is 11.1 Å². The van der Waals surface area contributed by atoms with Gasteiger partial charge in [0.25, 0.3) is 0 Å². The lowest BCUT2D eigenvalue weighted by Gasteiger charge is -1.99. The van der Waals surface area contributed by atoms with E-state index < -0.39 is 5.82 Å². The van der Waals surface area contributed by atoms with Crippen molar-refractivity contribution in [2.45, 2.75) is 0 Å². The van der Waals surface area contributed by atoms with Gasteiger partial charge in [0, 0.05) is 7.05 Å². The molecule has 0 aromatic carbocycles. The highest BCUT2D eigenvalue weighted by Gasteiger charge is 2.00. The van der Waals surface area contributed by atoms with Crippen LogP contribution in [-0.4, -0.2) is 17.0 Å². The molecule has 4 nitrogen and oxygen atoms in total. The minimum Gasteiger partial charge on any atom is -0.371 e. The van der Waals surface area contributed by atoms with Crippen molar-refractivity contribution in [3.05, 3.63) is 12.0 Å². The van der Waals surface area contributed by atoms with Crippen LogP contribution in [-0.2, 0) is 0 Å². The molecule has 3 N–H and O–H groups in total. The number of nitrogens with two attached hydrogens (primary N) is 1. The molecule has 0 aliphatic rings. The largest absolute Gasteiger partial charge is 0.371 e. The van der Waals surface area contributed by atoms with Crippen LogP contribution in [0, 0.1) is 5.82 Å². The first-order valence-electron chi connectivity index (χ1n) is 2.70. The van der Waals surface area contributed by atoms with Gasteiger partial charge in [0.15, 0.2) is 11.6 Å². The molecule has 0 spiro atoms. The van der Waals surface area contributed by atoms with Crippen LogP contribution < -0.4 is 11.1 Å². The quantitative estimate of drug-likeness (QED) is 0.589. The van der Waals surface area contributed by atoms with Gasteiger partial charge in [-0.15, -0.1) is 0 Å². The Morgan fingerprint density at radius 3 is 2.90 bits per heavy atom. The van der Waals surface area contributed by atoms with Crippen molar-refractivity contribution in [2.75, 3.05) is 18.1 Å². The smallest absolute Gasteiger partial charge is 0.222 e. The predicted molar refractivity (Wildman–Crippen MR) is 35.9 cm³/mol. The number of aromatic nitrogens is 2. The molecule has 0 aliphatic heterocycles. The van der Waals surface area contributed by atoms with E-state index in [4.69, 9.17) is 5.73 Å². The lowest BCUT2D eigenvalue weighted by molar-refractivity contribution is 0.619. The Morgan fingerprint density at radius 2 is 2.40 bits per heavy atom. The highest BCUT2D eigenvalue weighted by Crippen LogP contribution is 2.07. The highest BCUT2D eigenvalue weighted by atomic mass is 19.1. The molecule has 10 heavy (non-hydrogen) atoms. The third kappa shape index (κ3) is 1.12. The molecular weight excluding hydrogens is 135 g/mol. The normalized spacial score (nSPS) is 9.40. The van der Waals surface area contributed by atoms with Crippen LogP contribution in [0.5, 0.6) is 0 Å². The van der Waals surface area contributed by atoms with Crippen LogP contribution >= 0.6 is 0 Å². The first-order chi connectivity index (χ1) is 4.74. The lowest BCUT2D eigenvalue weighted by atomic mass is 10.5. The third-order valence-electron chi connectivity index (χ3n) is 1.000. The summed E-state index contributed by atoms with van der Waals surface area (Å²) in [6.45, 7) is 0. The number of nitrogens with one attached hydrogen (secondary N) is 1. The lowest BCUT2D eigenvalue weighted by Crippen LogP contribution is -2.01. The molecule has 54 valence electrons. The molecule has 0 amide bonds. The fourth-order valence-electron chi connectivity index (χ4n) is 0.556.